The second-order valence-corrected chi connectivity index (χ2v) is 6.40. The Morgan fingerprint density at radius 1 is 0.667 bits per heavy atom. The predicted molar refractivity (Wildman–Crippen MR) is 89.5 cm³/mol. The van der Waals surface area contributed by atoms with Crippen molar-refractivity contribution in [1.82, 2.24) is 0 Å². The van der Waals surface area contributed by atoms with Crippen molar-refractivity contribution in [3.05, 3.63) is 59.2 Å². The zero-order valence-corrected chi connectivity index (χ0v) is 12.6. The summed E-state index contributed by atoms with van der Waals surface area (Å²) in [6.45, 7) is 1.15. The van der Waals surface area contributed by atoms with E-state index in [9.17, 15) is 0 Å². The lowest BCUT2D eigenvalue weighted by Crippen LogP contribution is -2.18. The highest BCUT2D eigenvalue weighted by Crippen LogP contribution is 2.34. The maximum absolute atomic E-state index is 2.54. The van der Waals surface area contributed by atoms with Crippen LogP contribution in [0, 0.1) is 0 Å². The Bertz CT molecular complexity index is 644. The van der Waals surface area contributed by atoms with Crippen LogP contribution in [-0.4, -0.2) is 6.54 Å². The van der Waals surface area contributed by atoms with Crippen molar-refractivity contribution in [1.29, 1.82) is 0 Å². The van der Waals surface area contributed by atoms with Crippen LogP contribution in [0.1, 0.15) is 42.4 Å². The fourth-order valence-electron chi connectivity index (χ4n) is 3.85. The molecule has 0 N–H and O–H groups in total. The molecule has 0 atom stereocenters. The number of para-hydroxylation sites is 1. The van der Waals surface area contributed by atoms with E-state index < -0.39 is 0 Å². The molecule has 2 aliphatic rings. The molecule has 21 heavy (non-hydrogen) atoms. The van der Waals surface area contributed by atoms with Gasteiger partial charge in [0.1, 0.15) is 0 Å². The smallest absolute Gasteiger partial charge is 0.0443 e. The molecule has 1 heteroatoms. The zero-order chi connectivity index (χ0) is 14.1. The van der Waals surface area contributed by atoms with E-state index >= 15 is 0 Å². The van der Waals surface area contributed by atoms with Gasteiger partial charge >= 0.3 is 0 Å². The summed E-state index contributed by atoms with van der Waals surface area (Å²) in [7, 11) is 0. The molecule has 1 nitrogen and oxygen atoms in total. The molecular formula is C20H23N. The summed E-state index contributed by atoms with van der Waals surface area (Å²) in [6.07, 6.45) is 9.05. The Balaban J connectivity index is 1.75. The summed E-state index contributed by atoms with van der Waals surface area (Å²) in [6, 6.07) is 16.1. The normalized spacial score (nSPS) is 17.8. The number of fused-ring (bicyclic) bond motifs is 2. The van der Waals surface area contributed by atoms with Gasteiger partial charge in [0.25, 0.3) is 0 Å². The summed E-state index contributed by atoms with van der Waals surface area (Å²) in [5.74, 6) is 0. The molecule has 1 heterocycles. The molecular weight excluding hydrogens is 254 g/mol. The number of anilines is 2. The summed E-state index contributed by atoms with van der Waals surface area (Å²) < 4.78 is 0. The second-order valence-electron chi connectivity index (χ2n) is 6.40. The average molecular weight is 277 g/mol. The molecule has 0 bridgehead atoms. The van der Waals surface area contributed by atoms with Crippen molar-refractivity contribution in [3.8, 4) is 0 Å². The van der Waals surface area contributed by atoms with Gasteiger partial charge < -0.3 is 4.90 Å². The molecule has 0 radical (unpaired) electrons. The summed E-state index contributed by atoms with van der Waals surface area (Å²) in [5.41, 5.74) is 7.48. The number of benzene rings is 2. The minimum Gasteiger partial charge on any atom is -0.341 e. The number of hydrogen-bond acceptors (Lipinski definition) is 1. The monoisotopic (exact) mass is 277 g/mol. The number of hydrogen-bond donors (Lipinski definition) is 0. The number of nitrogens with zero attached hydrogens (tertiary/aromatic N) is 1. The van der Waals surface area contributed by atoms with Crippen LogP contribution < -0.4 is 4.90 Å². The van der Waals surface area contributed by atoms with Crippen LogP contribution in [0.15, 0.2) is 42.5 Å². The van der Waals surface area contributed by atoms with Crippen LogP contribution in [0.3, 0.4) is 0 Å². The van der Waals surface area contributed by atoms with Gasteiger partial charge in [0.15, 0.2) is 0 Å². The van der Waals surface area contributed by atoms with Gasteiger partial charge in [0, 0.05) is 17.9 Å². The van der Waals surface area contributed by atoms with Crippen LogP contribution in [0.2, 0.25) is 0 Å². The lowest BCUT2D eigenvalue weighted by molar-refractivity contribution is 0.685. The van der Waals surface area contributed by atoms with E-state index in [1.165, 1.54) is 61.9 Å². The number of rotatable bonds is 1. The van der Waals surface area contributed by atoms with Crippen molar-refractivity contribution in [2.45, 2.75) is 44.9 Å². The highest BCUT2D eigenvalue weighted by atomic mass is 15.1. The molecule has 2 aromatic rings. The average Bonchev–Trinajstić information content (AvgIpc) is 2.77. The molecule has 0 spiro atoms. The molecule has 108 valence electrons. The quantitative estimate of drug-likeness (QED) is 0.706. The van der Waals surface area contributed by atoms with Gasteiger partial charge in [-0.3, -0.25) is 0 Å². The molecule has 0 saturated carbocycles. The molecule has 0 saturated heterocycles. The largest absolute Gasteiger partial charge is 0.341 e. The first-order valence-corrected chi connectivity index (χ1v) is 8.39. The van der Waals surface area contributed by atoms with Crippen LogP contribution in [0.4, 0.5) is 11.4 Å². The standard InChI is InChI=1S/C20H23N/c1-2-10-18-15-19(13-12-16(18)7-1)21-14-6-5-9-17-8-3-4-11-20(17)21/h3-4,8,11-13,15H,1-2,5-7,9-10,14H2. The van der Waals surface area contributed by atoms with Crippen LogP contribution in [-0.2, 0) is 19.3 Å². The summed E-state index contributed by atoms with van der Waals surface area (Å²) in [4.78, 5) is 2.54. The number of aryl methyl sites for hydroxylation is 3. The molecule has 1 aliphatic carbocycles. The van der Waals surface area contributed by atoms with Crippen LogP contribution >= 0.6 is 0 Å². The van der Waals surface area contributed by atoms with Gasteiger partial charge in [-0.25, -0.2) is 0 Å². The van der Waals surface area contributed by atoms with E-state index in [0.717, 1.165) is 6.54 Å². The highest BCUT2D eigenvalue weighted by Gasteiger charge is 2.18. The Hall–Kier alpha value is -1.76. The van der Waals surface area contributed by atoms with Gasteiger partial charge in [-0.2, -0.15) is 0 Å². The highest BCUT2D eigenvalue weighted by molar-refractivity contribution is 5.68. The maximum Gasteiger partial charge on any atom is 0.0443 e. The third kappa shape index (κ3) is 2.46. The van der Waals surface area contributed by atoms with Crippen molar-refractivity contribution < 1.29 is 0 Å². The lowest BCUT2D eigenvalue weighted by Gasteiger charge is -2.27. The Morgan fingerprint density at radius 3 is 2.38 bits per heavy atom. The van der Waals surface area contributed by atoms with E-state index in [1.807, 2.05) is 0 Å². The SMILES string of the molecule is c1ccc2c(c1)CCCCN2c1ccc2c(c1)CCCC2. The predicted octanol–water partition coefficient (Wildman–Crippen LogP) is 5.04. The van der Waals surface area contributed by atoms with Crippen LogP contribution in [0.5, 0.6) is 0 Å². The van der Waals surface area contributed by atoms with E-state index in [2.05, 4.69) is 47.4 Å². The van der Waals surface area contributed by atoms with E-state index in [4.69, 9.17) is 0 Å². The van der Waals surface area contributed by atoms with E-state index in [0.29, 0.717) is 0 Å². The minimum absolute atomic E-state index is 1.15. The zero-order valence-electron chi connectivity index (χ0n) is 12.6. The third-order valence-corrected chi connectivity index (χ3v) is 5.00. The third-order valence-electron chi connectivity index (χ3n) is 5.00. The van der Waals surface area contributed by atoms with Gasteiger partial charge in [0.05, 0.1) is 0 Å². The van der Waals surface area contributed by atoms with Gasteiger partial charge in [-0.1, -0.05) is 24.3 Å². The topological polar surface area (TPSA) is 3.24 Å². The van der Waals surface area contributed by atoms with E-state index in [-0.39, 0.29) is 0 Å². The molecule has 0 fully saturated rings. The fourth-order valence-corrected chi connectivity index (χ4v) is 3.85. The molecule has 4 rings (SSSR count). The Kier molecular flexibility index (Phi) is 3.42. The van der Waals surface area contributed by atoms with E-state index in [1.54, 1.807) is 11.1 Å². The first-order valence-electron chi connectivity index (χ1n) is 8.39. The van der Waals surface area contributed by atoms with Gasteiger partial charge in [-0.05, 0) is 79.8 Å². The van der Waals surface area contributed by atoms with Crippen molar-refractivity contribution >= 4 is 11.4 Å². The molecule has 1 aliphatic heterocycles. The lowest BCUT2D eigenvalue weighted by atomic mass is 9.91. The summed E-state index contributed by atoms with van der Waals surface area (Å²) >= 11 is 0. The first-order chi connectivity index (χ1) is 10.4. The minimum atomic E-state index is 1.15. The second kappa shape index (κ2) is 5.55. The summed E-state index contributed by atoms with van der Waals surface area (Å²) in [5, 5.41) is 0. The van der Waals surface area contributed by atoms with Gasteiger partial charge in [0.2, 0.25) is 0 Å². The maximum atomic E-state index is 2.54. The molecule has 0 amide bonds. The Morgan fingerprint density at radius 2 is 1.43 bits per heavy atom. The van der Waals surface area contributed by atoms with Crippen LogP contribution in [0.25, 0.3) is 0 Å². The molecule has 2 aromatic carbocycles. The first kappa shape index (κ1) is 12.9. The van der Waals surface area contributed by atoms with Gasteiger partial charge in [-0.15, -0.1) is 0 Å². The molecule has 0 unspecified atom stereocenters. The van der Waals surface area contributed by atoms with Crippen molar-refractivity contribution in [2.75, 3.05) is 11.4 Å². The van der Waals surface area contributed by atoms with Crippen molar-refractivity contribution in [3.63, 3.8) is 0 Å². The van der Waals surface area contributed by atoms with Crippen molar-refractivity contribution in [2.24, 2.45) is 0 Å². The molecule has 0 aromatic heterocycles. The Labute approximate surface area is 127 Å². The fraction of sp³-hybridized carbons (Fsp3) is 0.400.